The van der Waals surface area contributed by atoms with Gasteiger partial charge in [-0.2, -0.15) is 0 Å². The van der Waals surface area contributed by atoms with Crippen LogP contribution in [-0.2, 0) is 76.7 Å². The Morgan fingerprint density at radius 2 is 1.07 bits per heavy atom. The monoisotopic (exact) mass is 1520 g/mol. The summed E-state index contributed by atoms with van der Waals surface area (Å²) in [7, 11) is 11.6. The van der Waals surface area contributed by atoms with Crippen molar-refractivity contribution >= 4 is 108 Å². The van der Waals surface area contributed by atoms with Gasteiger partial charge in [0.15, 0.2) is 17.7 Å². The van der Waals surface area contributed by atoms with Crippen LogP contribution in [0, 0.1) is 23.7 Å². The molecule has 578 valence electrons. The van der Waals surface area contributed by atoms with Crippen LogP contribution in [0.5, 0.6) is 0 Å². The molecule has 1 aliphatic heterocycles. The highest BCUT2D eigenvalue weighted by molar-refractivity contribution is 8.77. The number of carbonyl (C=O) groups excluding carboxylic acids is 11. The number of carbonyl (C=O) groups is 11. The third-order valence-corrected chi connectivity index (χ3v) is 24.6. The third kappa shape index (κ3) is 30.4. The first kappa shape index (κ1) is 89.9. The van der Waals surface area contributed by atoms with Gasteiger partial charge < -0.3 is 56.4 Å². The maximum atomic E-state index is 15.3. The second-order valence-corrected chi connectivity index (χ2v) is 36.6. The van der Waals surface area contributed by atoms with Crippen molar-refractivity contribution in [3.05, 3.63) is 108 Å². The first-order valence-corrected chi connectivity index (χ1v) is 40.8. The minimum atomic E-state index is -1.65. The predicted molar refractivity (Wildman–Crippen MR) is 418 cm³/mol. The largest absolute Gasteiger partial charge is 0.450 e. The molecule has 0 aliphatic carbocycles. The summed E-state index contributed by atoms with van der Waals surface area (Å²) in [6.07, 6.45) is -2.98. The van der Waals surface area contributed by atoms with Crippen LogP contribution in [0.25, 0.3) is 0 Å². The number of nitrogens with two attached hydrogens (primary N) is 1. The Bertz CT molecular complexity index is 3290. The van der Waals surface area contributed by atoms with Gasteiger partial charge in [-0.1, -0.05) is 217 Å². The van der Waals surface area contributed by atoms with Crippen LogP contribution < -0.4 is 32.3 Å². The van der Waals surface area contributed by atoms with E-state index in [4.69, 9.17) is 10.5 Å². The number of nitrogens with zero attached hydrogens (tertiary/aromatic N) is 4. The van der Waals surface area contributed by atoms with Crippen LogP contribution in [0.3, 0.4) is 0 Å². The second-order valence-electron chi connectivity index (χ2n) is 30.3. The number of esters is 1. The summed E-state index contributed by atoms with van der Waals surface area (Å²) in [5, 5.41) is 26.4. The molecule has 0 spiro atoms. The van der Waals surface area contributed by atoms with Crippen LogP contribution in [0.2, 0.25) is 0 Å². The fourth-order valence-corrected chi connectivity index (χ4v) is 16.4. The summed E-state index contributed by atoms with van der Waals surface area (Å²) in [6, 6.07) is 16.3. The molecule has 1 aliphatic rings. The molecule has 3 aromatic carbocycles. The number of amides is 8. The van der Waals surface area contributed by atoms with E-state index in [2.05, 4.69) is 47.4 Å². The van der Waals surface area contributed by atoms with Crippen molar-refractivity contribution in [3.8, 4) is 0 Å². The van der Waals surface area contributed by atoms with Gasteiger partial charge in [0, 0.05) is 81.1 Å². The van der Waals surface area contributed by atoms with E-state index in [9.17, 15) is 38.7 Å². The molecule has 8 amide bonds. The van der Waals surface area contributed by atoms with Crippen molar-refractivity contribution in [2.45, 2.75) is 237 Å². The minimum absolute atomic E-state index is 0.0254. The quantitative estimate of drug-likeness (QED) is 0.0285. The molecule has 0 saturated carbocycles. The van der Waals surface area contributed by atoms with E-state index >= 15 is 19.2 Å². The molecule has 0 radical (unpaired) electrons. The maximum Gasteiger partial charge on any atom is 0.324 e. The van der Waals surface area contributed by atoms with Gasteiger partial charge in [0.2, 0.25) is 41.4 Å². The molecule has 4 rings (SSSR count). The van der Waals surface area contributed by atoms with Crippen molar-refractivity contribution in [1.29, 1.82) is 0 Å². The van der Waals surface area contributed by atoms with Crippen LogP contribution in [0.4, 0.5) is 0 Å². The van der Waals surface area contributed by atoms with Crippen molar-refractivity contribution in [1.82, 2.24) is 46.2 Å². The highest BCUT2D eigenvalue weighted by Crippen LogP contribution is 2.37. The Kier molecular flexibility index (Phi) is 37.5. The zero-order chi connectivity index (χ0) is 77.9. The van der Waals surface area contributed by atoms with E-state index in [0.717, 1.165) is 0 Å². The summed E-state index contributed by atoms with van der Waals surface area (Å²) in [5.41, 5.74) is 8.28. The number of unbranched alkanes of at least 4 members (excludes halogenated alkanes) is 1. The highest BCUT2D eigenvalue weighted by Gasteiger charge is 2.41. The molecule has 3 aromatic rings. The zero-order valence-corrected chi connectivity index (χ0v) is 67.6. The Morgan fingerprint density at radius 1 is 0.567 bits per heavy atom. The normalized spacial score (nSPS) is 25.0. The summed E-state index contributed by atoms with van der Waals surface area (Å²) in [6.45, 7) is 25.9. The molecule has 1 heterocycles. The smallest absolute Gasteiger partial charge is 0.324 e. The van der Waals surface area contributed by atoms with Gasteiger partial charge in [0.25, 0.3) is 5.91 Å². The SMILES string of the molecule is CC(C)C[C@@H]1NC(=O)[C@H](CCCCNC(=O)[C@@H](N)CSSC(C)(C)C)CC(=O)[C@H](Cc2ccccc2)NC(=O)C(CSSC(C)(C)C)OC(=O)[C@H](Cc2ccccc2)NC(O)[C@H](C)NC(=O)[C@H](C)N(C)C(=O)[C@H](Cc2ccccc2)N(C)C(=O)[C@H](C)CC(=O)[C@H](CC(C)C)N(C)C(=O)[C@H](C)N(C)C1=O. The Hall–Kier alpha value is -6.49. The number of benzene rings is 3. The van der Waals surface area contributed by atoms with Gasteiger partial charge >= 0.3 is 5.97 Å². The van der Waals surface area contributed by atoms with Crippen molar-refractivity contribution < 1.29 is 62.6 Å². The van der Waals surface area contributed by atoms with Crippen molar-refractivity contribution in [3.63, 3.8) is 0 Å². The van der Waals surface area contributed by atoms with E-state index in [-0.39, 0.29) is 84.5 Å². The third-order valence-electron chi connectivity index (χ3n) is 17.9. The molecular formula is C77H118N10O13S4. The number of hydrogen-bond donors (Lipinski definition) is 7. The predicted octanol–water partition coefficient (Wildman–Crippen LogP) is 7.98. The number of rotatable bonds is 22. The van der Waals surface area contributed by atoms with Crippen LogP contribution in [0.1, 0.15) is 159 Å². The summed E-state index contributed by atoms with van der Waals surface area (Å²) in [5.74, 6) is -9.02. The standard InChI is InChI=1S/C77H118N10O13S4/c1-47(2)38-59-73(97)85(16)52(8)72(96)86(17)61(39-48(3)4)64(89)40-49(5)71(95)87(18)62(43-55-34-26-21-27-35-55)74(98)84(15)51(7)67(91)80-50(6)66(90)83-60(42-54-32-24-20-25-33-54)75(99)100-65(46-102-104-77(12,13)14)70(94)81-58(41-53-30-22-19-23-31-53)63(88)44-56(68(92)82-59)36-28-29-37-79-69(93)57(78)45-101-103-76(9,10)11/h19-27,30-35,47-52,56-62,65-66,83,90H,28-29,36-46,78H2,1-18H3,(H,79,93)(H,80,91)(H,81,94)(H,82,92)/t49-,50+,51+,52+,56-,57+,58+,59+,60+,61+,62+,65?,66?/m1/s1. The molecule has 13 atom stereocenters. The molecule has 27 heteroatoms. The lowest BCUT2D eigenvalue weighted by atomic mass is 9.90. The number of Topliss-reactive ketones (excluding diaryl/α,β-unsaturated/α-hetero) is 2. The molecule has 2 unspecified atom stereocenters. The number of likely N-dealkylation sites (N-methyl/N-ethyl adjacent to an activating group) is 4. The van der Waals surface area contributed by atoms with E-state index in [0.29, 0.717) is 35.3 Å². The van der Waals surface area contributed by atoms with E-state index < -0.39 is 144 Å². The lowest BCUT2D eigenvalue weighted by Gasteiger charge is -2.36. The van der Waals surface area contributed by atoms with Gasteiger partial charge in [0.05, 0.1) is 29.9 Å². The summed E-state index contributed by atoms with van der Waals surface area (Å²) >= 11 is 0. The number of ketones is 2. The van der Waals surface area contributed by atoms with Crippen LogP contribution in [-0.4, -0.2) is 212 Å². The van der Waals surface area contributed by atoms with Crippen LogP contribution >= 0.6 is 43.2 Å². The number of aliphatic hydroxyl groups excluding tert-OH is 1. The molecule has 1 fully saturated rings. The molecule has 104 heavy (non-hydrogen) atoms. The first-order valence-electron chi connectivity index (χ1n) is 36.1. The molecule has 8 N–H and O–H groups in total. The van der Waals surface area contributed by atoms with Crippen LogP contribution in [0.15, 0.2) is 91.0 Å². The lowest BCUT2D eigenvalue weighted by Crippen LogP contribution is -2.59. The molecular weight excluding hydrogens is 1400 g/mol. The zero-order valence-electron chi connectivity index (χ0n) is 64.4. The Morgan fingerprint density at radius 3 is 1.61 bits per heavy atom. The van der Waals surface area contributed by atoms with Crippen molar-refractivity contribution in [2.75, 3.05) is 46.2 Å². The summed E-state index contributed by atoms with van der Waals surface area (Å²) < 4.78 is 5.84. The molecule has 1 saturated heterocycles. The lowest BCUT2D eigenvalue weighted by molar-refractivity contribution is -0.157. The number of cyclic esters (lactones) is 1. The van der Waals surface area contributed by atoms with E-state index in [1.165, 1.54) is 101 Å². The van der Waals surface area contributed by atoms with E-state index in [1.807, 2.05) is 54.5 Å². The van der Waals surface area contributed by atoms with Gasteiger partial charge in [0.1, 0.15) is 36.4 Å². The molecule has 0 aromatic heterocycles. The average molecular weight is 1520 g/mol. The second kappa shape index (κ2) is 43.3. The highest BCUT2D eigenvalue weighted by atomic mass is 33.1. The fourth-order valence-electron chi connectivity index (χ4n) is 11.6. The van der Waals surface area contributed by atoms with E-state index in [1.54, 1.807) is 103 Å². The minimum Gasteiger partial charge on any atom is -0.450 e. The maximum absolute atomic E-state index is 15.3. The topological polar surface area (TPSA) is 316 Å². The molecule has 0 bridgehead atoms. The van der Waals surface area contributed by atoms with Gasteiger partial charge in [-0.3, -0.25) is 58.1 Å². The van der Waals surface area contributed by atoms with Crippen molar-refractivity contribution in [2.24, 2.45) is 29.4 Å². The van der Waals surface area contributed by atoms with Gasteiger partial charge in [-0.05, 0) is 87.8 Å². The average Bonchev–Trinajstić information content (AvgIpc) is 0.822. The number of hydrogen-bond acceptors (Lipinski definition) is 19. The first-order chi connectivity index (χ1) is 48.7. The fraction of sp³-hybridized carbons (Fsp3) is 0.623. The molecule has 23 nitrogen and oxygen atoms in total. The number of ether oxygens (including phenoxy) is 1. The number of aliphatic hydroxyl groups is 1. The van der Waals surface area contributed by atoms with Gasteiger partial charge in [-0.25, -0.2) is 0 Å². The van der Waals surface area contributed by atoms with Gasteiger partial charge in [-0.15, -0.1) is 0 Å². The Balaban J connectivity index is 1.90. The Labute approximate surface area is 633 Å². The number of nitrogens with one attached hydrogen (secondary N) is 5. The summed E-state index contributed by atoms with van der Waals surface area (Å²) in [4.78, 5) is 167.